The van der Waals surface area contributed by atoms with E-state index in [1.165, 1.54) is 17.4 Å². The molecule has 4 N–H and O–H groups in total. The van der Waals surface area contributed by atoms with E-state index in [1.807, 2.05) is 6.07 Å². The summed E-state index contributed by atoms with van der Waals surface area (Å²) in [5.41, 5.74) is 12.3. The summed E-state index contributed by atoms with van der Waals surface area (Å²) >= 11 is 1.28. The lowest BCUT2D eigenvalue weighted by atomic mass is 10.0. The van der Waals surface area contributed by atoms with Gasteiger partial charge >= 0.3 is 0 Å². The number of aromatic nitrogens is 2. The van der Waals surface area contributed by atoms with Crippen molar-refractivity contribution < 1.29 is 4.39 Å². The number of fused-ring (bicyclic) bond motifs is 1. The molecule has 7 heteroatoms. The Morgan fingerprint density at radius 2 is 2.00 bits per heavy atom. The molecule has 20 heavy (non-hydrogen) atoms. The summed E-state index contributed by atoms with van der Waals surface area (Å²) in [5, 5.41) is 11.7. The van der Waals surface area contributed by atoms with Crippen LogP contribution >= 0.6 is 11.3 Å². The predicted molar refractivity (Wildman–Crippen MR) is 76.3 cm³/mol. The molecule has 0 spiro atoms. The summed E-state index contributed by atoms with van der Waals surface area (Å²) in [7, 11) is 0. The Hall–Kier alpha value is -2.72. The van der Waals surface area contributed by atoms with Gasteiger partial charge in [0.25, 0.3) is 0 Å². The van der Waals surface area contributed by atoms with Gasteiger partial charge in [0.05, 0.1) is 10.4 Å². The molecule has 5 nitrogen and oxygen atoms in total. The third kappa shape index (κ3) is 1.74. The maximum atomic E-state index is 13.7. The molecule has 0 fully saturated rings. The molecular weight excluding hydrogens is 277 g/mol. The molecule has 3 rings (SSSR count). The number of hydrogen-bond donors (Lipinski definition) is 2. The van der Waals surface area contributed by atoms with Gasteiger partial charge < -0.3 is 11.5 Å². The average Bonchev–Trinajstić information content (AvgIpc) is 2.88. The van der Waals surface area contributed by atoms with Crippen molar-refractivity contribution in [2.45, 2.75) is 0 Å². The number of hydrogen-bond acceptors (Lipinski definition) is 6. The highest BCUT2D eigenvalue weighted by Crippen LogP contribution is 2.35. The van der Waals surface area contributed by atoms with Crippen LogP contribution in [0.4, 0.5) is 16.2 Å². The van der Waals surface area contributed by atoms with Crippen LogP contribution in [-0.4, -0.2) is 9.97 Å². The first kappa shape index (κ1) is 12.3. The molecule has 1 aromatic carbocycles. The Bertz CT molecular complexity index is 865. The van der Waals surface area contributed by atoms with Gasteiger partial charge in [-0.15, -0.1) is 11.3 Å². The number of nitrogens with two attached hydrogens (primary N) is 2. The first-order valence-electron chi connectivity index (χ1n) is 5.61. The summed E-state index contributed by atoms with van der Waals surface area (Å²) in [6.45, 7) is 0. The molecule has 0 aliphatic heterocycles. The van der Waals surface area contributed by atoms with Crippen LogP contribution in [0.5, 0.6) is 0 Å². The second-order valence-electron chi connectivity index (χ2n) is 4.06. The fourth-order valence-corrected chi connectivity index (χ4v) is 2.86. The smallest absolute Gasteiger partial charge is 0.222 e. The van der Waals surface area contributed by atoms with Gasteiger partial charge in [0.15, 0.2) is 0 Å². The van der Waals surface area contributed by atoms with Crippen molar-refractivity contribution in [1.82, 2.24) is 9.97 Å². The molecular formula is C13H8FN5S. The second-order valence-corrected chi connectivity index (χ2v) is 4.98. The van der Waals surface area contributed by atoms with Crippen LogP contribution in [-0.2, 0) is 0 Å². The summed E-state index contributed by atoms with van der Waals surface area (Å²) in [6, 6.07) is 6.64. The lowest BCUT2D eigenvalue weighted by molar-refractivity contribution is 0.642. The first-order valence-corrected chi connectivity index (χ1v) is 6.49. The molecule has 0 radical (unpaired) electrons. The highest BCUT2D eigenvalue weighted by molar-refractivity contribution is 7.17. The topological polar surface area (TPSA) is 102 Å². The van der Waals surface area contributed by atoms with Crippen molar-refractivity contribution in [2.24, 2.45) is 0 Å². The minimum atomic E-state index is -0.313. The number of nitriles is 1. The third-order valence-corrected chi connectivity index (χ3v) is 3.81. The van der Waals surface area contributed by atoms with Gasteiger partial charge in [0.2, 0.25) is 5.95 Å². The van der Waals surface area contributed by atoms with E-state index in [2.05, 4.69) is 9.97 Å². The van der Waals surface area contributed by atoms with Crippen LogP contribution < -0.4 is 11.5 Å². The van der Waals surface area contributed by atoms with Crippen molar-refractivity contribution in [3.05, 3.63) is 35.0 Å². The fraction of sp³-hybridized carbons (Fsp3) is 0. The minimum absolute atomic E-state index is 0.0164. The Balaban J connectivity index is 2.40. The van der Waals surface area contributed by atoms with E-state index in [-0.39, 0.29) is 23.1 Å². The Kier molecular flexibility index (Phi) is 2.73. The maximum absolute atomic E-state index is 13.7. The number of nitrogen functional groups attached to an aromatic ring is 2. The summed E-state index contributed by atoms with van der Waals surface area (Å²) in [4.78, 5) is 7.85. The molecule has 0 bridgehead atoms. The quantitative estimate of drug-likeness (QED) is 0.715. The fourth-order valence-electron chi connectivity index (χ4n) is 2.04. The molecule has 0 aliphatic rings. The first-order chi connectivity index (χ1) is 9.61. The van der Waals surface area contributed by atoms with Crippen LogP contribution in [0.2, 0.25) is 0 Å². The Morgan fingerprint density at radius 1 is 1.20 bits per heavy atom. The van der Waals surface area contributed by atoms with Crippen LogP contribution in [0.1, 0.15) is 5.56 Å². The number of halogens is 1. The van der Waals surface area contributed by atoms with Crippen LogP contribution in [0.15, 0.2) is 23.6 Å². The summed E-state index contributed by atoms with van der Waals surface area (Å²) in [6.07, 6.45) is 0. The molecule has 0 saturated heterocycles. The monoisotopic (exact) mass is 285 g/mol. The third-order valence-electron chi connectivity index (χ3n) is 2.89. The normalized spacial score (nSPS) is 10.6. The lowest BCUT2D eigenvalue weighted by Gasteiger charge is -2.08. The number of rotatable bonds is 1. The predicted octanol–water partition coefficient (Wildman–Crippen LogP) is 2.53. The zero-order chi connectivity index (χ0) is 14.3. The van der Waals surface area contributed by atoms with Crippen molar-refractivity contribution >= 4 is 33.2 Å². The molecule has 2 aromatic heterocycles. The van der Waals surface area contributed by atoms with Crippen molar-refractivity contribution in [2.75, 3.05) is 11.5 Å². The van der Waals surface area contributed by atoms with Gasteiger partial charge in [0.1, 0.15) is 23.3 Å². The lowest BCUT2D eigenvalue weighted by Crippen LogP contribution is -2.05. The SMILES string of the molecule is N#Cc1c(N)nc(N)nc1-c1ccc(F)c2sccc12. The zero-order valence-corrected chi connectivity index (χ0v) is 10.9. The molecule has 3 aromatic rings. The summed E-state index contributed by atoms with van der Waals surface area (Å²) < 4.78 is 14.2. The van der Waals surface area contributed by atoms with E-state index < -0.39 is 0 Å². The van der Waals surface area contributed by atoms with Gasteiger partial charge in [-0.1, -0.05) is 0 Å². The van der Waals surface area contributed by atoms with Gasteiger partial charge in [-0.2, -0.15) is 10.2 Å². The molecule has 0 aliphatic carbocycles. The van der Waals surface area contributed by atoms with E-state index in [0.717, 1.165) is 0 Å². The Labute approximate surface area is 117 Å². The molecule has 0 saturated carbocycles. The highest BCUT2D eigenvalue weighted by Gasteiger charge is 2.17. The molecule has 0 atom stereocenters. The van der Waals surface area contributed by atoms with Gasteiger partial charge in [-0.25, -0.2) is 9.37 Å². The van der Waals surface area contributed by atoms with Crippen LogP contribution in [0, 0.1) is 17.1 Å². The number of anilines is 2. The number of benzene rings is 1. The van der Waals surface area contributed by atoms with Crippen molar-refractivity contribution in [3.8, 4) is 17.3 Å². The highest BCUT2D eigenvalue weighted by atomic mass is 32.1. The Morgan fingerprint density at radius 3 is 2.75 bits per heavy atom. The molecule has 0 amide bonds. The number of thiophene rings is 1. The van der Waals surface area contributed by atoms with Gasteiger partial charge in [-0.3, -0.25) is 0 Å². The number of nitrogens with zero attached hydrogens (tertiary/aromatic N) is 3. The molecule has 98 valence electrons. The van der Waals surface area contributed by atoms with Crippen LogP contribution in [0.25, 0.3) is 21.3 Å². The largest absolute Gasteiger partial charge is 0.382 e. The van der Waals surface area contributed by atoms with E-state index in [1.54, 1.807) is 17.5 Å². The molecule has 0 unspecified atom stereocenters. The van der Waals surface area contributed by atoms with E-state index in [4.69, 9.17) is 11.5 Å². The maximum Gasteiger partial charge on any atom is 0.222 e. The van der Waals surface area contributed by atoms with Crippen molar-refractivity contribution in [1.29, 1.82) is 5.26 Å². The molecule has 2 heterocycles. The van der Waals surface area contributed by atoms with E-state index in [9.17, 15) is 9.65 Å². The summed E-state index contributed by atoms with van der Waals surface area (Å²) in [5.74, 6) is -0.320. The second kappa shape index (κ2) is 4.43. The van der Waals surface area contributed by atoms with E-state index in [0.29, 0.717) is 21.3 Å². The van der Waals surface area contributed by atoms with Gasteiger partial charge in [0, 0.05) is 10.9 Å². The minimum Gasteiger partial charge on any atom is -0.382 e. The van der Waals surface area contributed by atoms with Crippen molar-refractivity contribution in [3.63, 3.8) is 0 Å². The van der Waals surface area contributed by atoms with Gasteiger partial charge in [-0.05, 0) is 23.6 Å². The van der Waals surface area contributed by atoms with E-state index >= 15 is 0 Å². The zero-order valence-electron chi connectivity index (χ0n) is 10.1. The standard InChI is InChI=1S/C13H8FN5S/c14-9-2-1-6(7-3-4-20-11(7)9)10-8(5-15)12(16)19-13(17)18-10/h1-4H,(H4,16,17,18,19). The average molecular weight is 285 g/mol. The van der Waals surface area contributed by atoms with Crippen LogP contribution in [0.3, 0.4) is 0 Å².